The highest BCUT2D eigenvalue weighted by atomic mass is 32.2. The highest BCUT2D eigenvalue weighted by molar-refractivity contribution is 7.89. The summed E-state index contributed by atoms with van der Waals surface area (Å²) >= 11 is 0. The average molecular weight is 313 g/mol. The summed E-state index contributed by atoms with van der Waals surface area (Å²) in [6.45, 7) is 5.40. The Kier molecular flexibility index (Phi) is 4.02. The Morgan fingerprint density at radius 2 is 2.05 bits per heavy atom. The second kappa shape index (κ2) is 5.45. The summed E-state index contributed by atoms with van der Waals surface area (Å²) in [4.78, 5) is -0.268. The van der Waals surface area contributed by atoms with E-state index in [4.69, 9.17) is 9.66 Å². The Morgan fingerprint density at radius 1 is 1.38 bits per heavy atom. The van der Waals surface area contributed by atoms with Gasteiger partial charge in [-0.25, -0.2) is 17.9 Å². The molecule has 0 bridgehead atoms. The number of aromatic nitrogens is 1. The van der Waals surface area contributed by atoms with E-state index in [0.717, 1.165) is 11.6 Å². The quantitative estimate of drug-likeness (QED) is 0.902. The fraction of sp³-hybridized carbons (Fsp3) is 0.308. The van der Waals surface area contributed by atoms with Gasteiger partial charge < -0.3 is 9.84 Å². The van der Waals surface area contributed by atoms with Crippen LogP contribution in [0.5, 0.6) is 0 Å². The lowest BCUT2D eigenvalue weighted by Crippen LogP contribution is -2.14. The number of nitrogens with two attached hydrogens (primary N) is 1. The van der Waals surface area contributed by atoms with Crippen LogP contribution < -0.4 is 10.5 Å². The van der Waals surface area contributed by atoms with Gasteiger partial charge in [-0.3, -0.25) is 0 Å². The highest BCUT2D eigenvalue weighted by Gasteiger charge is 2.18. The Labute approximate surface area is 122 Å². The van der Waals surface area contributed by atoms with Crippen molar-refractivity contribution in [3.05, 3.63) is 41.0 Å². The lowest BCUT2D eigenvalue weighted by molar-refractivity contribution is 0.392. The van der Waals surface area contributed by atoms with Crippen molar-refractivity contribution >= 4 is 15.7 Å². The number of primary sulfonamides is 1. The smallest absolute Gasteiger partial charge is 0.238 e. The number of rotatable bonds is 4. The Balaban J connectivity index is 2.28. The number of halogens is 1. The maximum Gasteiger partial charge on any atom is 0.238 e. The van der Waals surface area contributed by atoms with Gasteiger partial charge in [0.05, 0.1) is 22.3 Å². The number of aryl methyl sites for hydroxylation is 2. The predicted molar refractivity (Wildman–Crippen MR) is 75.8 cm³/mol. The molecule has 1 aromatic heterocycles. The van der Waals surface area contributed by atoms with Gasteiger partial charge in [-0.2, -0.15) is 0 Å². The van der Waals surface area contributed by atoms with Crippen LogP contribution in [-0.4, -0.2) is 13.6 Å². The van der Waals surface area contributed by atoms with Crippen LogP contribution in [0.2, 0.25) is 0 Å². The summed E-state index contributed by atoms with van der Waals surface area (Å²) in [6.07, 6.45) is 0. The molecule has 1 unspecified atom stereocenters. The molecule has 0 aliphatic heterocycles. The van der Waals surface area contributed by atoms with Crippen LogP contribution in [0.25, 0.3) is 0 Å². The first-order valence-corrected chi connectivity index (χ1v) is 7.76. The molecule has 0 fully saturated rings. The van der Waals surface area contributed by atoms with Crippen LogP contribution in [0, 0.1) is 19.7 Å². The van der Waals surface area contributed by atoms with Crippen LogP contribution in [0.1, 0.15) is 30.0 Å². The number of nitrogens with one attached hydrogen (secondary N) is 1. The van der Waals surface area contributed by atoms with Gasteiger partial charge in [-0.1, -0.05) is 5.16 Å². The summed E-state index contributed by atoms with van der Waals surface area (Å²) in [5.74, 6) is -0.0470. The minimum absolute atomic E-state index is 0.176. The number of benzene rings is 1. The molecule has 0 saturated carbocycles. The molecule has 1 atom stereocenters. The molecule has 3 N–H and O–H groups in total. The van der Waals surface area contributed by atoms with E-state index in [1.807, 2.05) is 6.92 Å². The summed E-state index contributed by atoms with van der Waals surface area (Å²) < 4.78 is 41.4. The summed E-state index contributed by atoms with van der Waals surface area (Å²) in [5.41, 5.74) is 1.73. The maximum absolute atomic E-state index is 14.0. The van der Waals surface area contributed by atoms with E-state index in [2.05, 4.69) is 10.5 Å². The molecule has 6 nitrogen and oxygen atoms in total. The van der Waals surface area contributed by atoms with Gasteiger partial charge in [0, 0.05) is 5.56 Å². The molecule has 2 aromatic rings. The van der Waals surface area contributed by atoms with E-state index in [1.54, 1.807) is 13.8 Å². The van der Waals surface area contributed by atoms with Crippen LogP contribution in [0.15, 0.2) is 27.6 Å². The molecule has 8 heteroatoms. The largest absolute Gasteiger partial charge is 0.376 e. The fourth-order valence-electron chi connectivity index (χ4n) is 2.20. The maximum atomic E-state index is 14.0. The number of hydrogen-bond acceptors (Lipinski definition) is 5. The number of sulfonamides is 1. The van der Waals surface area contributed by atoms with Crippen molar-refractivity contribution in [2.24, 2.45) is 5.14 Å². The molecule has 0 saturated heterocycles. The Morgan fingerprint density at radius 3 is 2.52 bits per heavy atom. The standard InChI is InChI=1S/C13H16FN3O3S/c1-7(13-8(2)17-20-9(13)3)16-12-5-4-10(6-11(12)14)21(15,18)19/h4-7,16H,1-3H3,(H2,15,18,19). The Hall–Kier alpha value is -1.93. The Bertz CT molecular complexity index is 751. The molecule has 0 radical (unpaired) electrons. The molecule has 2 rings (SSSR count). The lowest BCUT2D eigenvalue weighted by atomic mass is 10.1. The van der Waals surface area contributed by atoms with Gasteiger partial charge in [0.1, 0.15) is 11.6 Å². The van der Waals surface area contributed by atoms with E-state index in [1.165, 1.54) is 12.1 Å². The van der Waals surface area contributed by atoms with Gasteiger partial charge in [-0.05, 0) is 39.0 Å². The average Bonchev–Trinajstić information content (AvgIpc) is 2.70. The van der Waals surface area contributed by atoms with Crippen molar-refractivity contribution in [2.75, 3.05) is 5.32 Å². The van der Waals surface area contributed by atoms with E-state index in [0.29, 0.717) is 11.5 Å². The molecule has 0 spiro atoms. The van der Waals surface area contributed by atoms with Crippen molar-refractivity contribution < 1.29 is 17.3 Å². The third-order valence-corrected chi connectivity index (χ3v) is 4.07. The van der Waals surface area contributed by atoms with Crippen LogP contribution in [0.4, 0.5) is 10.1 Å². The van der Waals surface area contributed by atoms with Crippen LogP contribution in [-0.2, 0) is 10.0 Å². The van der Waals surface area contributed by atoms with Gasteiger partial charge in [-0.15, -0.1) is 0 Å². The van der Waals surface area contributed by atoms with Gasteiger partial charge in [0.15, 0.2) is 0 Å². The third-order valence-electron chi connectivity index (χ3n) is 3.16. The van der Waals surface area contributed by atoms with Crippen molar-refractivity contribution in [3.63, 3.8) is 0 Å². The minimum atomic E-state index is -3.92. The van der Waals surface area contributed by atoms with Crippen molar-refractivity contribution in [1.82, 2.24) is 5.16 Å². The summed E-state index contributed by atoms with van der Waals surface area (Å²) in [6, 6.07) is 3.23. The minimum Gasteiger partial charge on any atom is -0.376 e. The molecule has 0 amide bonds. The monoisotopic (exact) mass is 313 g/mol. The van der Waals surface area contributed by atoms with E-state index >= 15 is 0 Å². The number of nitrogens with zero attached hydrogens (tertiary/aromatic N) is 1. The van der Waals surface area contributed by atoms with Gasteiger partial charge >= 0.3 is 0 Å². The summed E-state index contributed by atoms with van der Waals surface area (Å²) in [5, 5.41) is 11.8. The zero-order valence-corrected chi connectivity index (χ0v) is 12.7. The van der Waals surface area contributed by atoms with E-state index in [9.17, 15) is 12.8 Å². The molecule has 0 aliphatic carbocycles. The molecular weight excluding hydrogens is 297 g/mol. The zero-order valence-electron chi connectivity index (χ0n) is 11.8. The first kappa shape index (κ1) is 15.5. The fourth-order valence-corrected chi connectivity index (χ4v) is 2.73. The second-order valence-corrected chi connectivity index (χ2v) is 6.35. The van der Waals surface area contributed by atoms with Crippen molar-refractivity contribution in [2.45, 2.75) is 31.7 Å². The number of anilines is 1. The highest BCUT2D eigenvalue weighted by Crippen LogP contribution is 2.27. The molecule has 0 aliphatic rings. The summed E-state index contributed by atoms with van der Waals surface area (Å²) in [7, 11) is -3.92. The van der Waals surface area contributed by atoms with Crippen LogP contribution in [0.3, 0.4) is 0 Å². The van der Waals surface area contributed by atoms with Gasteiger partial charge in [0.2, 0.25) is 10.0 Å². The molecular formula is C13H16FN3O3S. The second-order valence-electron chi connectivity index (χ2n) is 4.79. The normalized spacial score (nSPS) is 13.2. The SMILES string of the molecule is Cc1noc(C)c1C(C)Nc1ccc(S(N)(=O)=O)cc1F. The molecule has 114 valence electrons. The third kappa shape index (κ3) is 3.22. The predicted octanol–water partition coefficient (Wildman–Crippen LogP) is 2.25. The lowest BCUT2D eigenvalue weighted by Gasteiger charge is -2.16. The topological polar surface area (TPSA) is 98.2 Å². The van der Waals surface area contributed by atoms with E-state index in [-0.39, 0.29) is 16.6 Å². The van der Waals surface area contributed by atoms with Crippen molar-refractivity contribution in [1.29, 1.82) is 0 Å². The molecule has 1 aromatic carbocycles. The zero-order chi connectivity index (χ0) is 15.8. The van der Waals surface area contributed by atoms with Crippen molar-refractivity contribution in [3.8, 4) is 0 Å². The first-order valence-electron chi connectivity index (χ1n) is 6.22. The molecule has 21 heavy (non-hydrogen) atoms. The number of hydrogen-bond donors (Lipinski definition) is 2. The first-order chi connectivity index (χ1) is 9.70. The molecule has 1 heterocycles. The van der Waals surface area contributed by atoms with E-state index < -0.39 is 15.8 Å². The van der Waals surface area contributed by atoms with Gasteiger partial charge in [0.25, 0.3) is 0 Å². The van der Waals surface area contributed by atoms with Crippen LogP contribution >= 0.6 is 0 Å².